The Morgan fingerprint density at radius 1 is 0.875 bits per heavy atom. The number of benzene rings is 1. The maximum Gasteiger partial charge on any atom is 0.323 e. The van der Waals surface area contributed by atoms with Gasteiger partial charge in [0.05, 0.1) is 42.0 Å². The quantitative estimate of drug-likeness (QED) is 0.734. The van der Waals surface area contributed by atoms with Gasteiger partial charge in [-0.25, -0.2) is 0 Å². The maximum atomic E-state index is 10.9. The van der Waals surface area contributed by atoms with Gasteiger partial charge in [-0.1, -0.05) is 0 Å². The first-order valence-corrected chi connectivity index (χ1v) is 7.04. The molecule has 0 heterocycles. The lowest BCUT2D eigenvalue weighted by Gasteiger charge is -2.11. The monoisotopic (exact) mass is 343 g/mol. The van der Waals surface area contributed by atoms with Crippen LogP contribution in [0.2, 0.25) is 0 Å². The largest absolute Gasteiger partial charge is 0.496 e. The molecule has 0 aliphatic rings. The first kappa shape index (κ1) is 21.5. The summed E-state index contributed by atoms with van der Waals surface area (Å²) in [5.74, 6) is 1.27. The van der Waals surface area contributed by atoms with E-state index in [1.54, 1.807) is 46.6 Å². The molecule has 24 heavy (non-hydrogen) atoms. The summed E-state index contributed by atoms with van der Waals surface area (Å²) >= 11 is 0. The van der Waals surface area contributed by atoms with E-state index in [9.17, 15) is 9.59 Å². The molecule has 0 aliphatic carbocycles. The fraction of sp³-hybridized carbons (Fsp3) is 0.500. The molecule has 0 amide bonds. The summed E-state index contributed by atoms with van der Waals surface area (Å²) < 4.78 is 23.9. The van der Waals surface area contributed by atoms with Gasteiger partial charge in [-0.3, -0.25) is 9.59 Å². The van der Waals surface area contributed by atoms with Crippen LogP contribution in [0.5, 0.6) is 17.2 Å². The number of hydrogen-bond donors (Lipinski definition) is 1. The van der Waals surface area contributed by atoms with E-state index in [0.717, 1.165) is 17.2 Å². The normalized spacial score (nSPS) is 10.6. The standard InChI is InChI=1S/C9H12O3.C7H13NO4/c1-10-7-4-8(11-2)6-9(5-7)12-3;1-8-5(7(10)12-3)4-6(9)11-2/h4-6H,1-3H3;5,8H,4H2,1-3H3. The van der Waals surface area contributed by atoms with Gasteiger partial charge in [-0.2, -0.15) is 0 Å². The minimum absolute atomic E-state index is 0.0142. The van der Waals surface area contributed by atoms with Gasteiger partial charge < -0.3 is 29.0 Å². The molecule has 0 bridgehead atoms. The summed E-state index contributed by atoms with van der Waals surface area (Å²) in [5, 5.41) is 2.64. The van der Waals surface area contributed by atoms with Gasteiger partial charge in [0.1, 0.15) is 23.3 Å². The molecule has 0 fully saturated rings. The first-order valence-electron chi connectivity index (χ1n) is 7.04. The second kappa shape index (κ2) is 12.0. The summed E-state index contributed by atoms with van der Waals surface area (Å²) in [7, 11) is 8.93. The number of hydrogen-bond acceptors (Lipinski definition) is 8. The zero-order valence-corrected chi connectivity index (χ0v) is 14.9. The molecule has 1 rings (SSSR count). The molecular weight excluding hydrogens is 318 g/mol. The Hall–Kier alpha value is -2.48. The van der Waals surface area contributed by atoms with Crippen molar-refractivity contribution >= 4 is 11.9 Å². The average molecular weight is 343 g/mol. The molecule has 136 valence electrons. The third-order valence-corrected chi connectivity index (χ3v) is 2.99. The number of ether oxygens (including phenoxy) is 5. The molecule has 8 heteroatoms. The number of carbonyl (C=O) groups excluding carboxylic acids is 2. The zero-order chi connectivity index (χ0) is 18.5. The summed E-state index contributed by atoms with van der Waals surface area (Å²) in [4.78, 5) is 21.6. The van der Waals surface area contributed by atoms with Crippen molar-refractivity contribution in [3.05, 3.63) is 18.2 Å². The van der Waals surface area contributed by atoms with Crippen molar-refractivity contribution in [3.8, 4) is 17.2 Å². The number of methoxy groups -OCH3 is 5. The van der Waals surface area contributed by atoms with Crippen LogP contribution in [-0.2, 0) is 19.1 Å². The molecule has 1 N–H and O–H groups in total. The van der Waals surface area contributed by atoms with Crippen molar-refractivity contribution in [2.24, 2.45) is 0 Å². The molecular formula is C16H25NO7. The average Bonchev–Trinajstić information content (AvgIpc) is 2.64. The van der Waals surface area contributed by atoms with E-state index >= 15 is 0 Å². The van der Waals surface area contributed by atoms with Crippen molar-refractivity contribution in [1.82, 2.24) is 5.32 Å². The van der Waals surface area contributed by atoms with E-state index in [1.807, 2.05) is 0 Å². The Labute approximate surface area is 142 Å². The molecule has 0 saturated heterocycles. The predicted molar refractivity (Wildman–Crippen MR) is 87.6 cm³/mol. The summed E-state index contributed by atoms with van der Waals surface area (Å²) in [5.41, 5.74) is 0. The highest BCUT2D eigenvalue weighted by Crippen LogP contribution is 2.26. The lowest BCUT2D eigenvalue weighted by Crippen LogP contribution is -2.37. The maximum absolute atomic E-state index is 10.9. The molecule has 0 spiro atoms. The van der Waals surface area contributed by atoms with Gasteiger partial charge in [0.15, 0.2) is 0 Å². The van der Waals surface area contributed by atoms with E-state index in [-0.39, 0.29) is 6.42 Å². The fourth-order valence-electron chi connectivity index (χ4n) is 1.59. The van der Waals surface area contributed by atoms with Crippen LogP contribution >= 0.6 is 0 Å². The highest BCUT2D eigenvalue weighted by molar-refractivity contribution is 5.82. The van der Waals surface area contributed by atoms with Crippen LogP contribution in [0.25, 0.3) is 0 Å². The van der Waals surface area contributed by atoms with Crippen LogP contribution in [-0.4, -0.2) is 60.6 Å². The number of carbonyl (C=O) groups is 2. The van der Waals surface area contributed by atoms with Crippen molar-refractivity contribution in [1.29, 1.82) is 0 Å². The van der Waals surface area contributed by atoms with Crippen molar-refractivity contribution in [2.75, 3.05) is 42.6 Å². The Balaban J connectivity index is 0.000000441. The molecule has 0 saturated carbocycles. The van der Waals surface area contributed by atoms with Crippen LogP contribution in [0.15, 0.2) is 18.2 Å². The van der Waals surface area contributed by atoms with E-state index in [4.69, 9.17) is 14.2 Å². The number of likely N-dealkylation sites (N-methyl/N-ethyl adjacent to an activating group) is 1. The van der Waals surface area contributed by atoms with Gasteiger partial charge in [0, 0.05) is 18.2 Å². The third kappa shape index (κ3) is 7.68. The van der Waals surface area contributed by atoms with E-state index in [0.29, 0.717) is 0 Å². The Morgan fingerprint density at radius 3 is 1.54 bits per heavy atom. The molecule has 8 nitrogen and oxygen atoms in total. The molecule has 1 aromatic rings. The Kier molecular flexibility index (Phi) is 10.8. The van der Waals surface area contributed by atoms with Crippen LogP contribution in [0.4, 0.5) is 0 Å². The summed E-state index contributed by atoms with van der Waals surface area (Å²) in [6, 6.07) is 4.76. The lowest BCUT2D eigenvalue weighted by atomic mass is 10.2. The zero-order valence-electron chi connectivity index (χ0n) is 14.9. The number of rotatable bonds is 7. The Morgan fingerprint density at radius 2 is 1.29 bits per heavy atom. The van der Waals surface area contributed by atoms with Crippen molar-refractivity contribution in [2.45, 2.75) is 12.5 Å². The predicted octanol–water partition coefficient (Wildman–Crippen LogP) is 1.02. The highest BCUT2D eigenvalue weighted by atomic mass is 16.5. The fourth-order valence-corrected chi connectivity index (χ4v) is 1.59. The second-order valence-corrected chi connectivity index (χ2v) is 4.40. The topological polar surface area (TPSA) is 92.3 Å². The SMILES string of the molecule is CNC(CC(=O)OC)C(=O)OC.COc1cc(OC)cc(OC)c1. The molecule has 1 aromatic carbocycles. The second-order valence-electron chi connectivity index (χ2n) is 4.40. The summed E-state index contributed by atoms with van der Waals surface area (Å²) in [6.45, 7) is 0. The van der Waals surface area contributed by atoms with Gasteiger partial charge >= 0.3 is 11.9 Å². The smallest absolute Gasteiger partial charge is 0.323 e. The van der Waals surface area contributed by atoms with Crippen LogP contribution in [0.1, 0.15) is 6.42 Å². The first-order chi connectivity index (χ1) is 11.4. The minimum Gasteiger partial charge on any atom is -0.496 e. The van der Waals surface area contributed by atoms with E-state index in [1.165, 1.54) is 14.2 Å². The van der Waals surface area contributed by atoms with Gasteiger partial charge in [-0.05, 0) is 7.05 Å². The van der Waals surface area contributed by atoms with Crippen molar-refractivity contribution in [3.63, 3.8) is 0 Å². The minimum atomic E-state index is -0.623. The molecule has 0 radical (unpaired) electrons. The number of esters is 2. The molecule has 1 atom stereocenters. The Bertz CT molecular complexity index is 464. The molecule has 0 aromatic heterocycles. The van der Waals surface area contributed by atoms with E-state index in [2.05, 4.69) is 14.8 Å². The van der Waals surface area contributed by atoms with Crippen LogP contribution in [0, 0.1) is 0 Å². The third-order valence-electron chi connectivity index (χ3n) is 2.99. The number of nitrogens with one attached hydrogen (secondary N) is 1. The van der Waals surface area contributed by atoms with Crippen LogP contribution in [0.3, 0.4) is 0 Å². The lowest BCUT2D eigenvalue weighted by molar-refractivity contribution is -0.149. The van der Waals surface area contributed by atoms with Gasteiger partial charge in [-0.15, -0.1) is 0 Å². The summed E-state index contributed by atoms with van der Waals surface area (Å²) in [6.07, 6.45) is -0.0142. The molecule has 0 aliphatic heterocycles. The van der Waals surface area contributed by atoms with Gasteiger partial charge in [0.2, 0.25) is 0 Å². The van der Waals surface area contributed by atoms with Crippen LogP contribution < -0.4 is 19.5 Å². The van der Waals surface area contributed by atoms with Crippen molar-refractivity contribution < 1.29 is 33.3 Å². The molecule has 1 unspecified atom stereocenters. The van der Waals surface area contributed by atoms with E-state index < -0.39 is 18.0 Å². The van der Waals surface area contributed by atoms with Gasteiger partial charge in [0.25, 0.3) is 0 Å². The highest BCUT2D eigenvalue weighted by Gasteiger charge is 2.20.